The van der Waals surface area contributed by atoms with Gasteiger partial charge in [-0.1, -0.05) is 0 Å². The zero-order chi connectivity index (χ0) is 15.5. The Hall–Kier alpha value is -2.83. The maximum atomic E-state index is 11.9. The van der Waals surface area contributed by atoms with Crippen LogP contribution in [0, 0.1) is 6.92 Å². The van der Waals surface area contributed by atoms with Crippen LogP contribution in [0.4, 0.5) is 16.2 Å². The number of anilines is 2. The van der Waals surface area contributed by atoms with E-state index in [-0.39, 0.29) is 11.9 Å². The second-order valence-corrected chi connectivity index (χ2v) is 5.34. The number of hydrogen-bond donors (Lipinski definition) is 4. The van der Waals surface area contributed by atoms with Crippen molar-refractivity contribution in [3.63, 3.8) is 0 Å². The highest BCUT2D eigenvalue weighted by atomic mass is 16.2. The monoisotopic (exact) mass is 299 g/mol. The van der Waals surface area contributed by atoms with Crippen LogP contribution in [0.2, 0.25) is 0 Å². The number of carbonyl (C=O) groups excluding carboxylic acids is 2. The van der Waals surface area contributed by atoms with Crippen LogP contribution in [0.15, 0.2) is 30.3 Å². The number of nitrogens with one attached hydrogen (secondary N) is 4. The van der Waals surface area contributed by atoms with Crippen molar-refractivity contribution in [3.8, 4) is 0 Å². The Morgan fingerprint density at radius 1 is 1.14 bits per heavy atom. The average Bonchev–Trinajstić information content (AvgIpc) is 3.18. The second kappa shape index (κ2) is 5.88. The van der Waals surface area contributed by atoms with Gasteiger partial charge >= 0.3 is 6.03 Å². The number of aromatic nitrogens is 2. The largest absolute Gasteiger partial charge is 0.335 e. The molecule has 1 aliphatic rings. The number of H-pyrrole nitrogens is 1. The van der Waals surface area contributed by atoms with Crippen LogP contribution in [-0.2, 0) is 0 Å². The number of aromatic amines is 1. The molecule has 0 atom stereocenters. The number of aryl methyl sites for hydroxylation is 1. The molecule has 0 saturated heterocycles. The number of hydrogen-bond acceptors (Lipinski definition) is 3. The van der Waals surface area contributed by atoms with Gasteiger partial charge in [0.1, 0.15) is 0 Å². The van der Waals surface area contributed by atoms with Crippen molar-refractivity contribution in [1.29, 1.82) is 0 Å². The van der Waals surface area contributed by atoms with Gasteiger partial charge in [0.05, 0.1) is 0 Å². The molecule has 0 spiro atoms. The molecule has 1 aromatic heterocycles. The zero-order valence-corrected chi connectivity index (χ0v) is 12.1. The van der Waals surface area contributed by atoms with Gasteiger partial charge in [0.2, 0.25) is 0 Å². The van der Waals surface area contributed by atoms with E-state index in [0.717, 1.165) is 18.5 Å². The van der Waals surface area contributed by atoms with E-state index < -0.39 is 0 Å². The highest BCUT2D eigenvalue weighted by Gasteiger charge is 2.23. The first-order valence-corrected chi connectivity index (χ1v) is 7.11. The molecule has 4 N–H and O–H groups in total. The lowest BCUT2D eigenvalue weighted by atomic mass is 10.2. The number of urea groups is 1. The summed E-state index contributed by atoms with van der Waals surface area (Å²) in [6, 6.07) is 8.71. The second-order valence-electron chi connectivity index (χ2n) is 5.34. The lowest BCUT2D eigenvalue weighted by molar-refractivity contribution is 0.102. The zero-order valence-electron chi connectivity index (χ0n) is 12.1. The number of amides is 3. The summed E-state index contributed by atoms with van der Waals surface area (Å²) < 4.78 is 0. The van der Waals surface area contributed by atoms with E-state index in [9.17, 15) is 9.59 Å². The van der Waals surface area contributed by atoms with E-state index in [1.165, 1.54) is 0 Å². The molecule has 2 aromatic rings. The molecule has 1 aromatic carbocycles. The maximum absolute atomic E-state index is 11.9. The van der Waals surface area contributed by atoms with Crippen molar-refractivity contribution in [2.45, 2.75) is 25.8 Å². The van der Waals surface area contributed by atoms with Gasteiger partial charge in [-0.25, -0.2) is 4.79 Å². The average molecular weight is 299 g/mol. The van der Waals surface area contributed by atoms with E-state index >= 15 is 0 Å². The summed E-state index contributed by atoms with van der Waals surface area (Å²) in [5, 5.41) is 15.0. The molecular formula is C15H17N5O2. The summed E-state index contributed by atoms with van der Waals surface area (Å²) in [5.41, 5.74) is 2.47. The van der Waals surface area contributed by atoms with E-state index in [4.69, 9.17) is 0 Å². The fraction of sp³-hybridized carbons (Fsp3) is 0.267. The summed E-state index contributed by atoms with van der Waals surface area (Å²) in [6.45, 7) is 1.83. The van der Waals surface area contributed by atoms with Gasteiger partial charge in [-0.05, 0) is 50.1 Å². The highest BCUT2D eigenvalue weighted by Crippen LogP contribution is 2.19. The lowest BCUT2D eigenvalue weighted by Gasteiger charge is -2.08. The van der Waals surface area contributed by atoms with Gasteiger partial charge in [-0.15, -0.1) is 0 Å². The van der Waals surface area contributed by atoms with Crippen LogP contribution in [0.1, 0.15) is 29.0 Å². The van der Waals surface area contributed by atoms with Crippen LogP contribution < -0.4 is 16.0 Å². The van der Waals surface area contributed by atoms with Crippen LogP contribution >= 0.6 is 0 Å². The number of nitrogens with zero attached hydrogens (tertiary/aromatic N) is 1. The van der Waals surface area contributed by atoms with Crippen molar-refractivity contribution in [3.05, 3.63) is 41.7 Å². The molecule has 3 amide bonds. The Labute approximate surface area is 127 Å². The molecule has 0 bridgehead atoms. The molecule has 0 unspecified atom stereocenters. The van der Waals surface area contributed by atoms with Crippen LogP contribution in [0.25, 0.3) is 0 Å². The van der Waals surface area contributed by atoms with E-state index in [0.29, 0.717) is 23.1 Å². The van der Waals surface area contributed by atoms with E-state index in [1.807, 2.05) is 6.92 Å². The van der Waals surface area contributed by atoms with Gasteiger partial charge in [-0.2, -0.15) is 5.10 Å². The van der Waals surface area contributed by atoms with Crippen molar-refractivity contribution < 1.29 is 9.59 Å². The first kappa shape index (κ1) is 14.1. The molecule has 0 radical (unpaired) electrons. The molecule has 7 heteroatoms. The Balaban J connectivity index is 1.56. The first-order valence-electron chi connectivity index (χ1n) is 7.11. The van der Waals surface area contributed by atoms with Crippen LogP contribution in [0.3, 0.4) is 0 Å². The molecule has 3 rings (SSSR count). The van der Waals surface area contributed by atoms with Gasteiger partial charge in [-0.3, -0.25) is 9.89 Å². The molecule has 0 aliphatic heterocycles. The third-order valence-corrected chi connectivity index (χ3v) is 3.25. The van der Waals surface area contributed by atoms with Crippen LogP contribution in [0.5, 0.6) is 0 Å². The SMILES string of the molecule is Cc1cc(C(=O)Nc2ccc(NC(=O)NC3CC3)cc2)n[nH]1. The summed E-state index contributed by atoms with van der Waals surface area (Å²) in [5.74, 6) is -0.281. The topological polar surface area (TPSA) is 98.9 Å². The molecule has 1 heterocycles. The third kappa shape index (κ3) is 3.63. The highest BCUT2D eigenvalue weighted by molar-refractivity contribution is 6.03. The molecule has 7 nitrogen and oxygen atoms in total. The Bertz CT molecular complexity index is 688. The molecule has 1 saturated carbocycles. The van der Waals surface area contributed by atoms with Gasteiger partial charge in [0, 0.05) is 23.1 Å². The Morgan fingerprint density at radius 3 is 2.32 bits per heavy atom. The number of rotatable bonds is 4. The molecule has 22 heavy (non-hydrogen) atoms. The minimum Gasteiger partial charge on any atom is -0.335 e. The number of carbonyl (C=O) groups is 2. The van der Waals surface area contributed by atoms with Gasteiger partial charge < -0.3 is 16.0 Å². The normalized spacial score (nSPS) is 13.5. The van der Waals surface area contributed by atoms with Crippen molar-refractivity contribution >= 4 is 23.3 Å². The van der Waals surface area contributed by atoms with E-state index in [1.54, 1.807) is 30.3 Å². The maximum Gasteiger partial charge on any atom is 0.319 e. The summed E-state index contributed by atoms with van der Waals surface area (Å²) in [6.07, 6.45) is 2.09. The summed E-state index contributed by atoms with van der Waals surface area (Å²) in [4.78, 5) is 23.6. The lowest BCUT2D eigenvalue weighted by Crippen LogP contribution is -2.30. The van der Waals surface area contributed by atoms with Crippen molar-refractivity contribution in [1.82, 2.24) is 15.5 Å². The molecule has 1 fully saturated rings. The van der Waals surface area contributed by atoms with Gasteiger partial charge in [0.15, 0.2) is 5.69 Å². The fourth-order valence-electron chi connectivity index (χ4n) is 1.95. The van der Waals surface area contributed by atoms with E-state index in [2.05, 4.69) is 26.1 Å². The summed E-state index contributed by atoms with van der Waals surface area (Å²) in [7, 11) is 0. The number of benzene rings is 1. The van der Waals surface area contributed by atoms with Crippen molar-refractivity contribution in [2.75, 3.05) is 10.6 Å². The van der Waals surface area contributed by atoms with Gasteiger partial charge in [0.25, 0.3) is 5.91 Å². The minimum absolute atomic E-state index is 0.203. The Morgan fingerprint density at radius 2 is 1.77 bits per heavy atom. The van der Waals surface area contributed by atoms with Crippen LogP contribution in [-0.4, -0.2) is 28.2 Å². The predicted octanol–water partition coefficient (Wildman–Crippen LogP) is 2.25. The third-order valence-electron chi connectivity index (χ3n) is 3.25. The molecule has 1 aliphatic carbocycles. The van der Waals surface area contributed by atoms with Crippen molar-refractivity contribution in [2.24, 2.45) is 0 Å². The smallest absolute Gasteiger partial charge is 0.319 e. The fourth-order valence-corrected chi connectivity index (χ4v) is 1.95. The standard InChI is InChI=1S/C15H17N5O2/c1-9-8-13(20-19-9)14(21)16-10-2-4-11(5-3-10)17-15(22)18-12-6-7-12/h2-5,8,12H,6-7H2,1H3,(H,16,21)(H,19,20)(H2,17,18,22). The predicted molar refractivity (Wildman–Crippen MR) is 82.9 cm³/mol. The Kier molecular flexibility index (Phi) is 3.78. The summed E-state index contributed by atoms with van der Waals surface area (Å²) >= 11 is 0. The molecule has 114 valence electrons. The quantitative estimate of drug-likeness (QED) is 0.696. The minimum atomic E-state index is -0.281. The molecular weight excluding hydrogens is 282 g/mol. The first-order chi connectivity index (χ1) is 10.6.